The minimum absolute atomic E-state index is 0.0322. The van der Waals surface area contributed by atoms with Crippen LogP contribution < -0.4 is 4.90 Å². The summed E-state index contributed by atoms with van der Waals surface area (Å²) in [6, 6.07) is 9.06. The van der Waals surface area contributed by atoms with Gasteiger partial charge in [-0.1, -0.05) is 12.1 Å². The van der Waals surface area contributed by atoms with E-state index in [1.165, 1.54) is 55.5 Å². The van der Waals surface area contributed by atoms with Crippen LogP contribution in [0.4, 0.5) is 23.7 Å². The molecule has 0 saturated carbocycles. The van der Waals surface area contributed by atoms with Gasteiger partial charge >= 0.3 is 12.2 Å². The molecule has 2 aromatic carbocycles. The average molecular weight is 472 g/mol. The molecule has 1 aliphatic heterocycles. The molecule has 1 heterocycles. The van der Waals surface area contributed by atoms with Crippen LogP contribution in [0, 0.1) is 17.9 Å². The van der Waals surface area contributed by atoms with Crippen LogP contribution >= 0.6 is 0 Å². The number of halogens is 3. The molecular weight excluding hydrogens is 453 g/mol. The van der Waals surface area contributed by atoms with Crippen molar-refractivity contribution in [2.75, 3.05) is 18.2 Å². The minimum Gasteiger partial charge on any atom is -0.325 e. The first-order chi connectivity index (χ1) is 15.3. The van der Waals surface area contributed by atoms with Gasteiger partial charge in [-0.15, -0.1) is 0 Å². The number of alkyl halides is 3. The molecule has 2 aromatic rings. The number of nitrogens with zero attached hydrogens (tertiary/aromatic N) is 4. The number of hydrogen-bond acceptors (Lipinski definition) is 3. The Morgan fingerprint density at radius 3 is 2.45 bits per heavy atom. The second kappa shape index (κ2) is 8.30. The van der Waals surface area contributed by atoms with Crippen LogP contribution in [0.1, 0.15) is 29.7 Å². The zero-order valence-electron chi connectivity index (χ0n) is 18.0. The number of carbonyl (C=O) groups excluding carboxylic acids is 1. The highest BCUT2D eigenvalue weighted by atomic mass is 32.2. The van der Waals surface area contributed by atoms with Crippen molar-refractivity contribution in [3.05, 3.63) is 82.0 Å². The SMILES string of the molecule is [C-]#[N+]C1=C(C)N(c2cccc(C(F)(F)F)c2)C(=O)N(C)[C@@H]1c1ccc(C#N)cc1S(=C)(C)=O. The summed E-state index contributed by atoms with van der Waals surface area (Å²) in [5.74, 6) is 3.69. The van der Waals surface area contributed by atoms with Crippen molar-refractivity contribution in [2.24, 2.45) is 0 Å². The number of nitriles is 1. The Balaban J connectivity index is 2.25. The molecule has 0 radical (unpaired) electrons. The van der Waals surface area contributed by atoms with E-state index in [4.69, 9.17) is 6.57 Å². The molecule has 1 unspecified atom stereocenters. The number of urea groups is 1. The maximum Gasteiger partial charge on any atom is 0.416 e. The lowest BCUT2D eigenvalue weighted by Crippen LogP contribution is -2.47. The van der Waals surface area contributed by atoms with Crippen molar-refractivity contribution >= 4 is 27.1 Å². The van der Waals surface area contributed by atoms with Gasteiger partial charge in [-0.05, 0) is 58.2 Å². The quantitative estimate of drug-likeness (QED) is 0.464. The highest BCUT2D eigenvalue weighted by Gasteiger charge is 2.40. The number of anilines is 1. The van der Waals surface area contributed by atoms with E-state index in [1.807, 2.05) is 6.07 Å². The molecule has 3 rings (SSSR count). The number of rotatable bonds is 3. The number of carbonyl (C=O) groups is 1. The van der Waals surface area contributed by atoms with Gasteiger partial charge in [0.25, 0.3) is 0 Å². The summed E-state index contributed by atoms with van der Waals surface area (Å²) in [5.41, 5.74) is -0.125. The average Bonchev–Trinajstić information content (AvgIpc) is 2.75. The summed E-state index contributed by atoms with van der Waals surface area (Å²) in [5, 5.41) is 9.23. The summed E-state index contributed by atoms with van der Waals surface area (Å²) in [6.07, 6.45) is -3.21. The lowest BCUT2D eigenvalue weighted by atomic mass is 9.97. The fraction of sp³-hybridized carbons (Fsp3) is 0.217. The maximum atomic E-state index is 13.3. The Bertz CT molecular complexity index is 1370. The Morgan fingerprint density at radius 2 is 1.91 bits per heavy atom. The number of amides is 2. The molecule has 6 nitrogen and oxygen atoms in total. The lowest BCUT2D eigenvalue weighted by Gasteiger charge is -2.40. The van der Waals surface area contributed by atoms with Gasteiger partial charge in [0.2, 0.25) is 5.70 Å². The molecule has 2 atom stereocenters. The topological polar surface area (TPSA) is 68.8 Å². The van der Waals surface area contributed by atoms with Crippen molar-refractivity contribution in [3.63, 3.8) is 0 Å². The van der Waals surface area contributed by atoms with Crippen molar-refractivity contribution in [1.29, 1.82) is 5.26 Å². The fourth-order valence-electron chi connectivity index (χ4n) is 3.73. The molecule has 10 heteroatoms. The molecule has 170 valence electrons. The Hall–Kier alpha value is -3.76. The van der Waals surface area contributed by atoms with E-state index >= 15 is 0 Å². The Labute approximate surface area is 190 Å². The van der Waals surface area contributed by atoms with Crippen LogP contribution in [0.5, 0.6) is 0 Å². The third-order valence-electron chi connectivity index (χ3n) is 5.30. The van der Waals surface area contributed by atoms with Gasteiger partial charge in [0.15, 0.2) is 0 Å². The summed E-state index contributed by atoms with van der Waals surface area (Å²) in [7, 11) is -1.44. The fourth-order valence-corrected chi connectivity index (χ4v) is 4.79. The molecule has 33 heavy (non-hydrogen) atoms. The smallest absolute Gasteiger partial charge is 0.325 e. The van der Waals surface area contributed by atoms with Crippen LogP contribution in [0.25, 0.3) is 4.85 Å². The molecular formula is C23H19F3N4O2S. The molecule has 0 bridgehead atoms. The number of allylic oxidation sites excluding steroid dienone is 1. The van der Waals surface area contributed by atoms with Gasteiger partial charge in [0.1, 0.15) is 0 Å². The largest absolute Gasteiger partial charge is 0.416 e. The van der Waals surface area contributed by atoms with Crippen LogP contribution in [-0.2, 0) is 15.7 Å². The summed E-state index contributed by atoms with van der Waals surface area (Å²) < 4.78 is 52.5. The molecule has 0 fully saturated rings. The molecule has 1 aliphatic rings. The van der Waals surface area contributed by atoms with E-state index in [0.29, 0.717) is 5.56 Å². The predicted octanol–water partition coefficient (Wildman–Crippen LogP) is 5.05. The van der Waals surface area contributed by atoms with Crippen LogP contribution in [0.15, 0.2) is 58.8 Å². The molecule has 0 saturated heterocycles. The van der Waals surface area contributed by atoms with Crippen molar-refractivity contribution < 1.29 is 22.2 Å². The number of benzene rings is 2. The second-order valence-electron chi connectivity index (χ2n) is 7.63. The molecule has 0 N–H and O–H groups in total. The second-order valence-corrected chi connectivity index (χ2v) is 10.1. The van der Waals surface area contributed by atoms with E-state index in [0.717, 1.165) is 17.0 Å². The highest BCUT2D eigenvalue weighted by molar-refractivity contribution is 7.99. The third-order valence-corrected chi connectivity index (χ3v) is 6.58. The first-order valence-electron chi connectivity index (χ1n) is 9.50. The van der Waals surface area contributed by atoms with Crippen molar-refractivity contribution in [3.8, 4) is 6.07 Å². The van der Waals surface area contributed by atoms with Gasteiger partial charge < -0.3 is 4.90 Å². The zero-order chi connectivity index (χ0) is 24.7. The summed E-state index contributed by atoms with van der Waals surface area (Å²) in [6.45, 7) is 9.22. The van der Waals surface area contributed by atoms with Gasteiger partial charge in [-0.3, -0.25) is 9.11 Å². The number of likely N-dealkylation sites (N-methyl/N-ethyl adjacent to an activating group) is 1. The molecule has 2 amide bonds. The van der Waals surface area contributed by atoms with Crippen molar-refractivity contribution in [1.82, 2.24) is 4.90 Å². The lowest BCUT2D eigenvalue weighted by molar-refractivity contribution is -0.137. The zero-order valence-corrected chi connectivity index (χ0v) is 18.8. The van der Waals surface area contributed by atoms with E-state index in [1.54, 1.807) is 0 Å². The predicted molar refractivity (Wildman–Crippen MR) is 120 cm³/mol. The van der Waals surface area contributed by atoms with E-state index in [-0.39, 0.29) is 27.5 Å². The van der Waals surface area contributed by atoms with E-state index in [2.05, 4.69) is 10.7 Å². The van der Waals surface area contributed by atoms with Crippen LogP contribution in [-0.4, -0.2) is 34.3 Å². The first-order valence-corrected chi connectivity index (χ1v) is 11.6. The standard InChI is InChI=1S/C23H19F3N4O2S/c1-14-20(28-2)21(18-10-9-15(13-27)11-19(18)33(4,5)32)29(3)22(31)30(14)17-8-6-7-16(12-17)23(24,25)26/h6-12,21H,4H2,1,3,5H3/t21-,33?/m1/s1. The van der Waals surface area contributed by atoms with Crippen LogP contribution in [0.2, 0.25) is 0 Å². The van der Waals surface area contributed by atoms with E-state index in [9.17, 15) is 27.4 Å². The minimum atomic E-state index is -4.60. The van der Waals surface area contributed by atoms with Crippen LogP contribution in [0.3, 0.4) is 0 Å². The number of hydrogen-bond donors (Lipinski definition) is 0. The summed E-state index contributed by atoms with van der Waals surface area (Å²) in [4.78, 5) is 19.4. The molecule has 0 aromatic heterocycles. The molecule has 0 aliphatic carbocycles. The molecule has 0 spiro atoms. The van der Waals surface area contributed by atoms with Gasteiger partial charge in [0.05, 0.1) is 29.8 Å². The highest BCUT2D eigenvalue weighted by Crippen LogP contribution is 2.42. The maximum absolute atomic E-state index is 13.3. The third kappa shape index (κ3) is 4.30. The van der Waals surface area contributed by atoms with E-state index < -0.39 is 33.3 Å². The monoisotopic (exact) mass is 472 g/mol. The van der Waals surface area contributed by atoms with Gasteiger partial charge in [0, 0.05) is 29.6 Å². The van der Waals surface area contributed by atoms with Crippen molar-refractivity contribution in [2.45, 2.75) is 24.0 Å². The van der Waals surface area contributed by atoms with Gasteiger partial charge in [-0.25, -0.2) is 9.64 Å². The summed E-state index contributed by atoms with van der Waals surface area (Å²) >= 11 is 0. The Kier molecular flexibility index (Phi) is 6.01. The first kappa shape index (κ1) is 23.9. The Morgan fingerprint density at radius 1 is 1.24 bits per heavy atom. The normalized spacial score (nSPS) is 18.5. The van der Waals surface area contributed by atoms with Gasteiger partial charge in [-0.2, -0.15) is 18.4 Å².